The molecule has 0 atom stereocenters. The van der Waals surface area contributed by atoms with E-state index in [0.717, 1.165) is 0 Å². The number of hydrogen-bond acceptors (Lipinski definition) is 4. The lowest BCUT2D eigenvalue weighted by Gasteiger charge is -2.18. The number of anilines is 1. The number of sulfonamides is 1. The van der Waals surface area contributed by atoms with Crippen LogP contribution < -0.4 is 9.46 Å². The first-order valence-electron chi connectivity index (χ1n) is 9.27. The fourth-order valence-corrected chi connectivity index (χ4v) is 3.87. The van der Waals surface area contributed by atoms with Crippen LogP contribution in [0.25, 0.3) is 0 Å². The number of ether oxygens (including phenoxy) is 1. The van der Waals surface area contributed by atoms with Crippen LogP contribution in [-0.2, 0) is 10.0 Å². The van der Waals surface area contributed by atoms with Crippen LogP contribution in [0.2, 0.25) is 5.02 Å². The predicted molar refractivity (Wildman–Crippen MR) is 118 cm³/mol. The molecule has 3 rings (SSSR count). The molecular formula is C22H20ClFN2O4S. The van der Waals surface area contributed by atoms with E-state index in [2.05, 4.69) is 4.72 Å². The number of hydrogen-bond donors (Lipinski definition) is 1. The van der Waals surface area contributed by atoms with Crippen molar-refractivity contribution in [1.82, 2.24) is 4.90 Å². The SMILES string of the molecule is CN(CCOc1ccccc1F)C(=O)c1ccc(S(=O)(=O)Nc2ccc(Cl)cc2)cc1. The smallest absolute Gasteiger partial charge is 0.261 e. The van der Waals surface area contributed by atoms with Gasteiger partial charge in [-0.3, -0.25) is 9.52 Å². The minimum atomic E-state index is -3.81. The Bertz CT molecular complexity index is 1150. The molecule has 0 aliphatic rings. The van der Waals surface area contributed by atoms with Gasteiger partial charge in [-0.15, -0.1) is 0 Å². The van der Waals surface area contributed by atoms with Crippen LogP contribution in [0.1, 0.15) is 10.4 Å². The van der Waals surface area contributed by atoms with Gasteiger partial charge in [-0.25, -0.2) is 12.8 Å². The minimum Gasteiger partial charge on any atom is -0.489 e. The number of carbonyl (C=O) groups is 1. The molecule has 0 saturated heterocycles. The summed E-state index contributed by atoms with van der Waals surface area (Å²) in [6.07, 6.45) is 0. The molecule has 6 nitrogen and oxygen atoms in total. The molecule has 0 heterocycles. The van der Waals surface area contributed by atoms with Gasteiger partial charge < -0.3 is 9.64 Å². The molecule has 0 aliphatic carbocycles. The largest absolute Gasteiger partial charge is 0.489 e. The van der Waals surface area contributed by atoms with Crippen LogP contribution >= 0.6 is 11.6 Å². The summed E-state index contributed by atoms with van der Waals surface area (Å²) in [5.41, 5.74) is 0.693. The van der Waals surface area contributed by atoms with Crippen molar-refractivity contribution in [3.05, 3.63) is 89.2 Å². The average Bonchev–Trinajstić information content (AvgIpc) is 2.76. The number of benzene rings is 3. The summed E-state index contributed by atoms with van der Waals surface area (Å²) in [5, 5.41) is 0.495. The minimum absolute atomic E-state index is 0.0181. The maximum Gasteiger partial charge on any atom is 0.261 e. The van der Waals surface area contributed by atoms with Gasteiger partial charge in [-0.1, -0.05) is 23.7 Å². The third-order valence-corrected chi connectivity index (χ3v) is 6.02. The van der Waals surface area contributed by atoms with Crippen LogP contribution in [0.15, 0.2) is 77.7 Å². The van der Waals surface area contributed by atoms with E-state index in [9.17, 15) is 17.6 Å². The Morgan fingerprint density at radius 1 is 1.03 bits per heavy atom. The molecule has 3 aromatic rings. The Balaban J connectivity index is 1.59. The summed E-state index contributed by atoms with van der Waals surface area (Å²) in [4.78, 5) is 14.0. The zero-order chi connectivity index (χ0) is 22.4. The standard InChI is InChI=1S/C22H20ClFN2O4S/c1-26(14-15-30-21-5-3-2-4-20(21)24)22(27)16-6-12-19(13-7-16)31(28,29)25-18-10-8-17(23)9-11-18/h2-13,25H,14-15H2,1H3. The lowest BCUT2D eigenvalue weighted by molar-refractivity contribution is 0.0773. The molecule has 162 valence electrons. The average molecular weight is 463 g/mol. The molecule has 0 bridgehead atoms. The molecule has 3 aromatic carbocycles. The van der Waals surface area contributed by atoms with Crippen molar-refractivity contribution < 1.29 is 22.3 Å². The Morgan fingerprint density at radius 2 is 1.68 bits per heavy atom. The van der Waals surface area contributed by atoms with Crippen molar-refractivity contribution in [2.24, 2.45) is 0 Å². The molecule has 0 aromatic heterocycles. The third-order valence-electron chi connectivity index (χ3n) is 4.38. The summed E-state index contributed by atoms with van der Waals surface area (Å²) in [6.45, 7) is 0.339. The van der Waals surface area contributed by atoms with Crippen LogP contribution in [0.4, 0.5) is 10.1 Å². The molecule has 0 spiro atoms. The molecule has 0 fully saturated rings. The van der Waals surface area contributed by atoms with Gasteiger partial charge in [0.15, 0.2) is 11.6 Å². The van der Waals surface area contributed by atoms with Crippen LogP contribution in [0.3, 0.4) is 0 Å². The first kappa shape index (κ1) is 22.6. The fourth-order valence-electron chi connectivity index (χ4n) is 2.68. The highest BCUT2D eigenvalue weighted by molar-refractivity contribution is 7.92. The molecule has 0 saturated carbocycles. The zero-order valence-electron chi connectivity index (χ0n) is 16.6. The number of carbonyl (C=O) groups excluding carboxylic acids is 1. The maximum atomic E-state index is 13.6. The van der Waals surface area contributed by atoms with E-state index in [-0.39, 0.29) is 29.7 Å². The van der Waals surface area contributed by atoms with Crippen LogP contribution in [0, 0.1) is 5.82 Å². The lowest BCUT2D eigenvalue weighted by atomic mass is 10.2. The Kier molecular flexibility index (Phi) is 7.14. The maximum absolute atomic E-state index is 13.6. The molecule has 9 heteroatoms. The molecule has 31 heavy (non-hydrogen) atoms. The second kappa shape index (κ2) is 9.80. The van der Waals surface area contributed by atoms with Crippen LogP contribution in [0.5, 0.6) is 5.75 Å². The Labute approximate surface area is 185 Å². The van der Waals surface area contributed by atoms with Crippen molar-refractivity contribution in [3.63, 3.8) is 0 Å². The summed E-state index contributed by atoms with van der Waals surface area (Å²) in [6, 6.07) is 17.9. The van der Waals surface area contributed by atoms with Crippen LogP contribution in [-0.4, -0.2) is 39.4 Å². The van der Waals surface area contributed by atoms with Gasteiger partial charge in [0, 0.05) is 23.3 Å². The second-order valence-corrected chi connectivity index (χ2v) is 8.76. The van der Waals surface area contributed by atoms with E-state index < -0.39 is 15.8 Å². The summed E-state index contributed by atoms with van der Waals surface area (Å²) in [7, 11) is -2.23. The highest BCUT2D eigenvalue weighted by atomic mass is 35.5. The molecule has 0 radical (unpaired) electrons. The fraction of sp³-hybridized carbons (Fsp3) is 0.136. The van der Waals surface area contributed by atoms with Crippen molar-refractivity contribution in [2.45, 2.75) is 4.90 Å². The van der Waals surface area contributed by atoms with Gasteiger partial charge in [-0.05, 0) is 60.7 Å². The van der Waals surface area contributed by atoms with E-state index >= 15 is 0 Å². The van der Waals surface area contributed by atoms with E-state index in [0.29, 0.717) is 16.3 Å². The van der Waals surface area contributed by atoms with Gasteiger partial charge in [-0.2, -0.15) is 0 Å². The van der Waals surface area contributed by atoms with Crippen molar-refractivity contribution in [1.29, 1.82) is 0 Å². The Morgan fingerprint density at radius 3 is 2.32 bits per heavy atom. The first-order valence-corrected chi connectivity index (χ1v) is 11.1. The summed E-state index contributed by atoms with van der Waals surface area (Å²) >= 11 is 5.80. The van der Waals surface area contributed by atoms with Gasteiger partial charge in [0.05, 0.1) is 11.4 Å². The monoisotopic (exact) mass is 462 g/mol. The molecule has 1 amide bonds. The van der Waals surface area contributed by atoms with Gasteiger partial charge >= 0.3 is 0 Å². The number of nitrogens with one attached hydrogen (secondary N) is 1. The Hall–Kier alpha value is -3.10. The highest BCUT2D eigenvalue weighted by Crippen LogP contribution is 2.19. The summed E-state index contributed by atoms with van der Waals surface area (Å²) < 4.78 is 46.4. The third kappa shape index (κ3) is 5.96. The van der Waals surface area contributed by atoms with Crippen molar-refractivity contribution in [2.75, 3.05) is 24.9 Å². The van der Waals surface area contributed by atoms with E-state index in [1.165, 1.54) is 41.3 Å². The molecule has 0 aliphatic heterocycles. The first-order chi connectivity index (χ1) is 14.8. The number of nitrogens with zero attached hydrogens (tertiary/aromatic N) is 1. The normalized spacial score (nSPS) is 11.1. The summed E-state index contributed by atoms with van der Waals surface area (Å²) in [5.74, 6) is -0.668. The van der Waals surface area contributed by atoms with Crippen molar-refractivity contribution in [3.8, 4) is 5.75 Å². The predicted octanol–water partition coefficient (Wildman–Crippen LogP) is 4.43. The lowest BCUT2D eigenvalue weighted by Crippen LogP contribution is -2.31. The van der Waals surface area contributed by atoms with Gasteiger partial charge in [0.2, 0.25) is 0 Å². The number of rotatable bonds is 8. The number of halogens is 2. The van der Waals surface area contributed by atoms with E-state index in [4.69, 9.17) is 16.3 Å². The quantitative estimate of drug-likeness (QED) is 0.537. The van der Waals surface area contributed by atoms with Gasteiger partial charge in [0.1, 0.15) is 6.61 Å². The molecular weight excluding hydrogens is 443 g/mol. The number of likely N-dealkylation sites (N-methyl/N-ethyl adjacent to an activating group) is 1. The number of amides is 1. The van der Waals surface area contributed by atoms with Gasteiger partial charge in [0.25, 0.3) is 15.9 Å². The van der Waals surface area contributed by atoms with E-state index in [1.807, 2.05) is 0 Å². The highest BCUT2D eigenvalue weighted by Gasteiger charge is 2.17. The van der Waals surface area contributed by atoms with E-state index in [1.54, 1.807) is 43.4 Å². The molecule has 1 N–H and O–H groups in total. The second-order valence-electron chi connectivity index (χ2n) is 6.64. The van der Waals surface area contributed by atoms with Crippen molar-refractivity contribution >= 4 is 33.2 Å². The zero-order valence-corrected chi connectivity index (χ0v) is 18.2. The molecule has 0 unspecified atom stereocenters. The topological polar surface area (TPSA) is 75.7 Å². The number of para-hydroxylation sites is 1.